The molecule has 0 aromatic carbocycles. The van der Waals surface area contributed by atoms with E-state index in [0.29, 0.717) is 12.5 Å². The van der Waals surface area contributed by atoms with Crippen LogP contribution in [0.3, 0.4) is 0 Å². The summed E-state index contributed by atoms with van der Waals surface area (Å²) in [5, 5.41) is 28.3. The number of aliphatic hydroxyl groups excluding tert-OH is 3. The highest BCUT2D eigenvalue weighted by atomic mass is 16.7. The average Bonchev–Trinajstić information content (AvgIpc) is 2.41. The van der Waals surface area contributed by atoms with E-state index in [0.717, 1.165) is 0 Å². The first-order valence-electron chi connectivity index (χ1n) is 6.94. The second kappa shape index (κ2) is 6.82. The molecule has 0 amide bonds. The molecule has 0 aromatic rings. The SMILES string of the molecule is OC[C@H]1OC(OCC2CCCCC2)C[C@@H](O)[C@H]1O. The summed E-state index contributed by atoms with van der Waals surface area (Å²) in [6.07, 6.45) is 3.34. The van der Waals surface area contributed by atoms with E-state index in [1.165, 1.54) is 32.1 Å². The van der Waals surface area contributed by atoms with Crippen molar-refractivity contribution in [1.82, 2.24) is 0 Å². The summed E-state index contributed by atoms with van der Waals surface area (Å²) in [7, 11) is 0. The Kier molecular flexibility index (Phi) is 5.38. The third-order valence-electron chi connectivity index (χ3n) is 3.96. The van der Waals surface area contributed by atoms with Crippen LogP contribution in [0, 0.1) is 5.92 Å². The molecule has 2 aliphatic rings. The van der Waals surface area contributed by atoms with Gasteiger partial charge >= 0.3 is 0 Å². The molecule has 1 aliphatic heterocycles. The van der Waals surface area contributed by atoms with Crippen molar-refractivity contribution in [2.24, 2.45) is 5.92 Å². The van der Waals surface area contributed by atoms with Gasteiger partial charge in [-0.3, -0.25) is 0 Å². The van der Waals surface area contributed by atoms with Crippen molar-refractivity contribution >= 4 is 0 Å². The van der Waals surface area contributed by atoms with E-state index in [2.05, 4.69) is 0 Å². The molecule has 1 saturated heterocycles. The first-order valence-corrected chi connectivity index (χ1v) is 6.94. The van der Waals surface area contributed by atoms with E-state index in [1.807, 2.05) is 0 Å². The minimum atomic E-state index is -1.02. The van der Waals surface area contributed by atoms with Crippen LogP contribution in [-0.4, -0.2) is 53.1 Å². The Morgan fingerprint density at radius 1 is 1.11 bits per heavy atom. The largest absolute Gasteiger partial charge is 0.394 e. The minimum Gasteiger partial charge on any atom is -0.394 e. The second-order valence-electron chi connectivity index (χ2n) is 5.42. The highest BCUT2D eigenvalue weighted by molar-refractivity contribution is 4.82. The molecule has 1 heterocycles. The summed E-state index contributed by atoms with van der Waals surface area (Å²) in [6, 6.07) is 0. The summed E-state index contributed by atoms with van der Waals surface area (Å²) < 4.78 is 11.1. The molecular weight excluding hydrogens is 236 g/mol. The first kappa shape index (κ1) is 14.2. The number of aliphatic hydroxyl groups is 3. The van der Waals surface area contributed by atoms with Crippen LogP contribution in [0.5, 0.6) is 0 Å². The third kappa shape index (κ3) is 3.65. The monoisotopic (exact) mass is 260 g/mol. The molecule has 1 unspecified atom stereocenters. The van der Waals surface area contributed by atoms with Crippen LogP contribution < -0.4 is 0 Å². The summed E-state index contributed by atoms with van der Waals surface area (Å²) >= 11 is 0. The van der Waals surface area contributed by atoms with E-state index in [-0.39, 0.29) is 13.0 Å². The van der Waals surface area contributed by atoms with E-state index in [1.54, 1.807) is 0 Å². The maximum Gasteiger partial charge on any atom is 0.160 e. The van der Waals surface area contributed by atoms with Crippen molar-refractivity contribution in [3.05, 3.63) is 0 Å². The standard InChI is InChI=1S/C13H24O5/c14-7-11-13(16)10(15)6-12(18-11)17-8-9-4-2-1-3-5-9/h9-16H,1-8H2/t10-,11-,12?,13-/m1/s1. The molecule has 0 bridgehead atoms. The lowest BCUT2D eigenvalue weighted by Gasteiger charge is -2.36. The molecule has 4 atom stereocenters. The maximum absolute atomic E-state index is 9.67. The Morgan fingerprint density at radius 2 is 1.83 bits per heavy atom. The normalized spacial score (nSPS) is 38.8. The molecule has 3 N–H and O–H groups in total. The van der Waals surface area contributed by atoms with Crippen molar-refractivity contribution in [1.29, 1.82) is 0 Å². The zero-order valence-electron chi connectivity index (χ0n) is 10.7. The van der Waals surface area contributed by atoms with Gasteiger partial charge in [0.2, 0.25) is 0 Å². The fraction of sp³-hybridized carbons (Fsp3) is 1.00. The molecule has 1 saturated carbocycles. The average molecular weight is 260 g/mol. The zero-order valence-corrected chi connectivity index (χ0v) is 10.7. The van der Waals surface area contributed by atoms with Gasteiger partial charge in [-0.05, 0) is 18.8 Å². The van der Waals surface area contributed by atoms with Gasteiger partial charge in [0.15, 0.2) is 6.29 Å². The van der Waals surface area contributed by atoms with Crippen LogP contribution in [0.15, 0.2) is 0 Å². The van der Waals surface area contributed by atoms with Crippen molar-refractivity contribution in [2.45, 2.75) is 63.1 Å². The predicted molar refractivity (Wildman–Crippen MR) is 64.9 cm³/mol. The van der Waals surface area contributed by atoms with Crippen LogP contribution in [0.25, 0.3) is 0 Å². The van der Waals surface area contributed by atoms with Crippen LogP contribution in [0.2, 0.25) is 0 Å². The topological polar surface area (TPSA) is 79.2 Å². The van der Waals surface area contributed by atoms with Gasteiger partial charge in [-0.1, -0.05) is 19.3 Å². The molecule has 1 aliphatic carbocycles. The van der Waals surface area contributed by atoms with E-state index < -0.39 is 24.6 Å². The van der Waals surface area contributed by atoms with Crippen LogP contribution >= 0.6 is 0 Å². The van der Waals surface area contributed by atoms with Gasteiger partial charge in [0.1, 0.15) is 12.2 Å². The molecule has 5 nitrogen and oxygen atoms in total. The van der Waals surface area contributed by atoms with E-state index >= 15 is 0 Å². The number of rotatable bonds is 4. The highest BCUT2D eigenvalue weighted by Crippen LogP contribution is 2.26. The fourth-order valence-electron chi connectivity index (χ4n) is 2.77. The highest BCUT2D eigenvalue weighted by Gasteiger charge is 2.37. The Balaban J connectivity index is 1.75. The lowest BCUT2D eigenvalue weighted by molar-refractivity contribution is -0.260. The van der Waals surface area contributed by atoms with Crippen LogP contribution in [0.1, 0.15) is 38.5 Å². The maximum atomic E-state index is 9.67. The molecule has 2 rings (SSSR count). The molecule has 0 spiro atoms. The van der Waals surface area contributed by atoms with Gasteiger partial charge in [0.05, 0.1) is 19.3 Å². The molecule has 5 heteroatoms. The second-order valence-corrected chi connectivity index (χ2v) is 5.42. The molecule has 0 radical (unpaired) electrons. The lowest BCUT2D eigenvalue weighted by Crippen LogP contribution is -2.50. The summed E-state index contributed by atoms with van der Waals surface area (Å²) in [5.74, 6) is 0.582. The zero-order chi connectivity index (χ0) is 13.0. The smallest absolute Gasteiger partial charge is 0.160 e. The summed E-state index contributed by atoms with van der Waals surface area (Å²) in [5.41, 5.74) is 0. The van der Waals surface area contributed by atoms with Gasteiger partial charge in [-0.15, -0.1) is 0 Å². The van der Waals surface area contributed by atoms with Crippen molar-refractivity contribution < 1.29 is 24.8 Å². The van der Waals surface area contributed by atoms with Gasteiger partial charge < -0.3 is 24.8 Å². The van der Waals surface area contributed by atoms with E-state index in [9.17, 15) is 10.2 Å². The Labute approximate surface area is 108 Å². The summed E-state index contributed by atoms with van der Waals surface area (Å²) in [4.78, 5) is 0. The molecule has 18 heavy (non-hydrogen) atoms. The molecular formula is C13H24O5. The van der Waals surface area contributed by atoms with Gasteiger partial charge in [-0.2, -0.15) is 0 Å². The Bertz CT molecular complexity index is 242. The number of ether oxygens (including phenoxy) is 2. The van der Waals surface area contributed by atoms with Crippen molar-refractivity contribution in [3.63, 3.8) is 0 Å². The van der Waals surface area contributed by atoms with Crippen molar-refractivity contribution in [3.8, 4) is 0 Å². The predicted octanol–water partition coefficient (Wildman–Crippen LogP) is 0.412. The Morgan fingerprint density at radius 3 is 2.50 bits per heavy atom. The molecule has 0 aromatic heterocycles. The van der Waals surface area contributed by atoms with Crippen molar-refractivity contribution in [2.75, 3.05) is 13.2 Å². The van der Waals surface area contributed by atoms with Gasteiger partial charge in [0.25, 0.3) is 0 Å². The fourth-order valence-corrected chi connectivity index (χ4v) is 2.77. The minimum absolute atomic E-state index is 0.268. The number of hydrogen-bond donors (Lipinski definition) is 3. The first-order chi connectivity index (χ1) is 8.70. The summed E-state index contributed by atoms with van der Waals surface area (Å²) in [6.45, 7) is 0.340. The third-order valence-corrected chi connectivity index (χ3v) is 3.96. The number of hydrogen-bond acceptors (Lipinski definition) is 5. The van der Waals surface area contributed by atoms with Gasteiger partial charge in [-0.25, -0.2) is 0 Å². The molecule has 106 valence electrons. The Hall–Kier alpha value is -0.200. The molecule has 2 fully saturated rings. The quantitative estimate of drug-likeness (QED) is 0.682. The van der Waals surface area contributed by atoms with Crippen LogP contribution in [-0.2, 0) is 9.47 Å². The lowest BCUT2D eigenvalue weighted by atomic mass is 9.90. The van der Waals surface area contributed by atoms with Gasteiger partial charge in [0, 0.05) is 6.42 Å². The van der Waals surface area contributed by atoms with Crippen LogP contribution in [0.4, 0.5) is 0 Å². The van der Waals surface area contributed by atoms with E-state index in [4.69, 9.17) is 14.6 Å².